The first-order valence-corrected chi connectivity index (χ1v) is 9.25. The summed E-state index contributed by atoms with van der Waals surface area (Å²) in [6, 6.07) is 3.72. The van der Waals surface area contributed by atoms with Gasteiger partial charge in [0.15, 0.2) is 6.10 Å². The number of nitrogens with one attached hydrogen (secondary N) is 2. The SMILES string of the molecule is O=C(Nc1cccc(C(F)(F)F)c1)OC1COC2C(NC(=O)c3cncnc3)COC12. The minimum atomic E-state index is -4.53. The second kappa shape index (κ2) is 8.47. The van der Waals surface area contributed by atoms with E-state index in [4.69, 9.17) is 14.2 Å². The maximum atomic E-state index is 12.8. The zero-order valence-electron chi connectivity index (χ0n) is 15.8. The highest BCUT2D eigenvalue weighted by atomic mass is 19.4. The molecule has 4 rings (SSSR count). The van der Waals surface area contributed by atoms with E-state index in [9.17, 15) is 22.8 Å². The Morgan fingerprint density at radius 2 is 1.84 bits per heavy atom. The van der Waals surface area contributed by atoms with Crippen LogP contribution in [0.1, 0.15) is 15.9 Å². The fourth-order valence-corrected chi connectivity index (χ4v) is 3.42. The lowest BCUT2D eigenvalue weighted by Gasteiger charge is -2.18. The standard InChI is InChI=1S/C19H17F3N4O5/c20-19(21,22)11-2-1-3-12(4-11)25-18(28)31-14-8-30-15-13(7-29-16(14)15)26-17(27)10-5-23-9-24-6-10/h1-6,9,13-16H,7-8H2,(H,25,28)(H,26,27). The predicted octanol–water partition coefficient (Wildman–Crippen LogP) is 2.01. The first-order chi connectivity index (χ1) is 14.8. The van der Waals surface area contributed by atoms with Gasteiger partial charge in [-0.3, -0.25) is 10.1 Å². The molecule has 9 nitrogen and oxygen atoms in total. The Labute approximate surface area is 173 Å². The molecule has 1 aromatic heterocycles. The molecule has 2 aliphatic heterocycles. The quantitative estimate of drug-likeness (QED) is 0.751. The van der Waals surface area contributed by atoms with Crippen molar-refractivity contribution in [3.8, 4) is 0 Å². The van der Waals surface area contributed by atoms with Gasteiger partial charge in [0.05, 0.1) is 30.4 Å². The van der Waals surface area contributed by atoms with Crippen molar-refractivity contribution in [1.29, 1.82) is 0 Å². The van der Waals surface area contributed by atoms with E-state index in [1.807, 2.05) is 0 Å². The van der Waals surface area contributed by atoms with Gasteiger partial charge in [0.25, 0.3) is 5.91 Å². The summed E-state index contributed by atoms with van der Waals surface area (Å²) in [5.74, 6) is -0.398. The molecule has 164 valence electrons. The highest BCUT2D eigenvalue weighted by molar-refractivity contribution is 5.93. The second-order valence-corrected chi connectivity index (χ2v) is 6.95. The van der Waals surface area contributed by atoms with Crippen molar-refractivity contribution in [2.75, 3.05) is 18.5 Å². The second-order valence-electron chi connectivity index (χ2n) is 6.95. The van der Waals surface area contributed by atoms with Crippen LogP contribution in [0.4, 0.5) is 23.7 Å². The number of ether oxygens (including phenoxy) is 3. The Morgan fingerprint density at radius 1 is 1.10 bits per heavy atom. The van der Waals surface area contributed by atoms with Gasteiger partial charge in [0.2, 0.25) is 0 Å². The number of alkyl halides is 3. The number of hydrogen-bond acceptors (Lipinski definition) is 7. The first kappa shape index (κ1) is 21.0. The number of benzene rings is 1. The minimum absolute atomic E-state index is 0.0200. The Balaban J connectivity index is 1.32. The summed E-state index contributed by atoms with van der Waals surface area (Å²) < 4.78 is 54.9. The molecule has 2 fully saturated rings. The summed E-state index contributed by atoms with van der Waals surface area (Å²) in [5.41, 5.74) is -0.675. The topological polar surface area (TPSA) is 112 Å². The molecular formula is C19H17F3N4O5. The van der Waals surface area contributed by atoms with Crippen molar-refractivity contribution in [3.05, 3.63) is 54.1 Å². The van der Waals surface area contributed by atoms with Crippen molar-refractivity contribution in [1.82, 2.24) is 15.3 Å². The molecule has 4 atom stereocenters. The molecule has 0 bridgehead atoms. The van der Waals surface area contributed by atoms with Gasteiger partial charge in [-0.05, 0) is 18.2 Å². The normalized spacial score (nSPS) is 25.0. The predicted molar refractivity (Wildman–Crippen MR) is 98.1 cm³/mol. The van der Waals surface area contributed by atoms with Gasteiger partial charge in [-0.15, -0.1) is 0 Å². The Hall–Kier alpha value is -3.25. The Bertz CT molecular complexity index is 959. The van der Waals surface area contributed by atoms with Crippen LogP contribution in [0.2, 0.25) is 0 Å². The number of fused-ring (bicyclic) bond motifs is 1. The first-order valence-electron chi connectivity index (χ1n) is 9.25. The van der Waals surface area contributed by atoms with Crippen LogP contribution in [0.3, 0.4) is 0 Å². The average molecular weight is 438 g/mol. The van der Waals surface area contributed by atoms with Crippen molar-refractivity contribution < 1.29 is 37.0 Å². The van der Waals surface area contributed by atoms with Gasteiger partial charge < -0.3 is 19.5 Å². The number of carbonyl (C=O) groups excluding carboxylic acids is 2. The summed E-state index contributed by atoms with van der Waals surface area (Å²) in [5, 5.41) is 5.04. The summed E-state index contributed by atoms with van der Waals surface area (Å²) in [6.45, 7) is 0.163. The van der Waals surface area contributed by atoms with E-state index in [0.717, 1.165) is 12.1 Å². The van der Waals surface area contributed by atoms with E-state index < -0.39 is 48.1 Å². The number of halogens is 3. The van der Waals surface area contributed by atoms with Crippen LogP contribution >= 0.6 is 0 Å². The number of anilines is 1. The lowest BCUT2D eigenvalue weighted by atomic mass is 10.1. The fourth-order valence-electron chi connectivity index (χ4n) is 3.42. The monoisotopic (exact) mass is 438 g/mol. The minimum Gasteiger partial charge on any atom is -0.441 e. The number of nitrogens with zero attached hydrogens (tertiary/aromatic N) is 2. The van der Waals surface area contributed by atoms with Crippen LogP contribution in [0, 0.1) is 0 Å². The highest BCUT2D eigenvalue weighted by Crippen LogP contribution is 2.31. The van der Waals surface area contributed by atoms with E-state index >= 15 is 0 Å². The molecule has 0 radical (unpaired) electrons. The van der Waals surface area contributed by atoms with Crippen molar-refractivity contribution in [2.45, 2.75) is 30.5 Å². The molecule has 1 aromatic carbocycles. The number of amides is 2. The van der Waals surface area contributed by atoms with E-state index in [1.54, 1.807) is 0 Å². The zero-order valence-corrected chi connectivity index (χ0v) is 15.8. The maximum Gasteiger partial charge on any atom is 0.416 e. The van der Waals surface area contributed by atoms with Crippen LogP contribution in [0.15, 0.2) is 43.0 Å². The van der Waals surface area contributed by atoms with Crippen LogP contribution in [-0.2, 0) is 20.4 Å². The van der Waals surface area contributed by atoms with Crippen LogP contribution < -0.4 is 10.6 Å². The third-order valence-corrected chi connectivity index (χ3v) is 4.84. The number of aromatic nitrogens is 2. The average Bonchev–Trinajstić information content (AvgIpc) is 3.32. The molecule has 31 heavy (non-hydrogen) atoms. The molecule has 2 amide bonds. The molecule has 12 heteroatoms. The lowest BCUT2D eigenvalue weighted by Crippen LogP contribution is -2.44. The molecule has 0 spiro atoms. The summed E-state index contributed by atoms with van der Waals surface area (Å²) in [7, 11) is 0. The molecule has 4 unspecified atom stereocenters. The lowest BCUT2D eigenvalue weighted by molar-refractivity contribution is -0.137. The maximum absolute atomic E-state index is 12.8. The molecule has 3 heterocycles. The van der Waals surface area contributed by atoms with Gasteiger partial charge in [-0.25, -0.2) is 14.8 Å². The summed E-state index contributed by atoms with van der Waals surface area (Å²) >= 11 is 0. The van der Waals surface area contributed by atoms with Crippen LogP contribution in [0.5, 0.6) is 0 Å². The van der Waals surface area contributed by atoms with Crippen molar-refractivity contribution in [3.63, 3.8) is 0 Å². The Morgan fingerprint density at radius 3 is 2.58 bits per heavy atom. The fraction of sp³-hybridized carbons (Fsp3) is 0.368. The van der Waals surface area contributed by atoms with E-state index in [-0.39, 0.29) is 24.5 Å². The molecule has 2 aliphatic rings. The molecular weight excluding hydrogens is 421 g/mol. The zero-order chi connectivity index (χ0) is 22.0. The van der Waals surface area contributed by atoms with Gasteiger partial charge in [0, 0.05) is 18.1 Å². The molecule has 2 saturated heterocycles. The van der Waals surface area contributed by atoms with Gasteiger partial charge in [-0.1, -0.05) is 6.07 Å². The molecule has 2 N–H and O–H groups in total. The van der Waals surface area contributed by atoms with Gasteiger partial charge in [0.1, 0.15) is 18.5 Å². The third-order valence-electron chi connectivity index (χ3n) is 4.84. The number of carbonyl (C=O) groups is 2. The highest BCUT2D eigenvalue weighted by Gasteiger charge is 2.50. The van der Waals surface area contributed by atoms with Gasteiger partial charge >= 0.3 is 12.3 Å². The van der Waals surface area contributed by atoms with Crippen LogP contribution in [-0.4, -0.2) is 59.5 Å². The van der Waals surface area contributed by atoms with Crippen LogP contribution in [0.25, 0.3) is 0 Å². The molecule has 2 aromatic rings. The van der Waals surface area contributed by atoms with Crippen molar-refractivity contribution in [2.24, 2.45) is 0 Å². The van der Waals surface area contributed by atoms with E-state index in [1.165, 1.54) is 30.9 Å². The smallest absolute Gasteiger partial charge is 0.416 e. The summed E-state index contributed by atoms with van der Waals surface area (Å²) in [4.78, 5) is 32.0. The summed E-state index contributed by atoms with van der Waals surface area (Å²) in [6.07, 6.45) is -3.37. The Kier molecular flexibility index (Phi) is 5.74. The third kappa shape index (κ3) is 4.75. The van der Waals surface area contributed by atoms with E-state index in [2.05, 4.69) is 20.6 Å². The number of rotatable bonds is 4. The van der Waals surface area contributed by atoms with Gasteiger partial charge in [-0.2, -0.15) is 13.2 Å². The number of hydrogen-bond donors (Lipinski definition) is 2. The molecule has 0 aliphatic carbocycles. The van der Waals surface area contributed by atoms with Crippen molar-refractivity contribution >= 4 is 17.7 Å². The van der Waals surface area contributed by atoms with E-state index in [0.29, 0.717) is 0 Å². The molecule has 0 saturated carbocycles. The largest absolute Gasteiger partial charge is 0.441 e.